The molecule has 0 saturated carbocycles. The number of hydrogen-bond acceptors (Lipinski definition) is 6. The summed E-state index contributed by atoms with van der Waals surface area (Å²) in [5.74, 6) is 0.379. The molecule has 4 nitrogen and oxygen atoms in total. The summed E-state index contributed by atoms with van der Waals surface area (Å²) in [5, 5.41) is 0. The second-order valence-electron chi connectivity index (χ2n) is 6.77. The SMILES string of the molecule is CC(C)C[C@@H]1CC(=O)O[C@@]1(C)C(=O)CSc1nc2ccccc2s1. The van der Waals surface area contributed by atoms with Crippen molar-refractivity contribution in [2.75, 3.05) is 5.75 Å². The number of ether oxygens (including phenoxy) is 1. The van der Waals surface area contributed by atoms with E-state index in [9.17, 15) is 9.59 Å². The van der Waals surface area contributed by atoms with Crippen LogP contribution < -0.4 is 0 Å². The molecule has 0 radical (unpaired) electrons. The van der Waals surface area contributed by atoms with Gasteiger partial charge in [-0.1, -0.05) is 37.7 Å². The standard InChI is InChI=1S/C18H21NO3S2/c1-11(2)8-12-9-16(21)22-18(12,3)15(20)10-23-17-19-13-6-4-5-7-14(13)24-17/h4-7,11-12H,8-10H2,1-3H3/t12-,18-/m1/s1. The fourth-order valence-electron chi connectivity index (χ4n) is 3.10. The highest BCUT2D eigenvalue weighted by Crippen LogP contribution is 2.39. The topological polar surface area (TPSA) is 56.3 Å². The summed E-state index contributed by atoms with van der Waals surface area (Å²) < 4.78 is 7.44. The van der Waals surface area contributed by atoms with Crippen LogP contribution in [0.25, 0.3) is 10.2 Å². The molecule has 2 heterocycles. The van der Waals surface area contributed by atoms with Crippen molar-refractivity contribution in [2.24, 2.45) is 11.8 Å². The Hall–Kier alpha value is -1.40. The molecule has 1 aliphatic rings. The molecule has 1 fully saturated rings. The highest BCUT2D eigenvalue weighted by Gasteiger charge is 2.50. The average Bonchev–Trinajstić information content (AvgIpc) is 3.05. The molecule has 0 unspecified atom stereocenters. The van der Waals surface area contributed by atoms with Crippen molar-refractivity contribution < 1.29 is 14.3 Å². The van der Waals surface area contributed by atoms with Crippen molar-refractivity contribution in [2.45, 2.75) is 43.6 Å². The zero-order valence-electron chi connectivity index (χ0n) is 14.1. The Balaban J connectivity index is 1.69. The van der Waals surface area contributed by atoms with Gasteiger partial charge in [-0.2, -0.15) is 0 Å². The van der Waals surface area contributed by atoms with Crippen molar-refractivity contribution in [1.82, 2.24) is 4.98 Å². The number of benzene rings is 1. The van der Waals surface area contributed by atoms with E-state index in [1.54, 1.807) is 18.3 Å². The van der Waals surface area contributed by atoms with Gasteiger partial charge in [-0.05, 0) is 31.4 Å². The summed E-state index contributed by atoms with van der Waals surface area (Å²) in [6.45, 7) is 5.97. The van der Waals surface area contributed by atoms with Crippen molar-refractivity contribution in [1.29, 1.82) is 0 Å². The molecule has 2 atom stereocenters. The molecular weight excluding hydrogens is 342 g/mol. The fraction of sp³-hybridized carbons (Fsp3) is 0.500. The van der Waals surface area contributed by atoms with E-state index in [-0.39, 0.29) is 23.4 Å². The van der Waals surface area contributed by atoms with Crippen LogP contribution in [0.3, 0.4) is 0 Å². The lowest BCUT2D eigenvalue weighted by Gasteiger charge is -2.28. The Morgan fingerprint density at radius 1 is 1.46 bits per heavy atom. The molecule has 2 aromatic rings. The van der Waals surface area contributed by atoms with Gasteiger partial charge in [-0.25, -0.2) is 4.98 Å². The molecule has 1 saturated heterocycles. The normalized spacial score (nSPS) is 23.8. The molecule has 1 aromatic carbocycles. The number of hydrogen-bond donors (Lipinski definition) is 0. The lowest BCUT2D eigenvalue weighted by molar-refractivity contribution is -0.156. The molecule has 128 valence electrons. The molecule has 1 aromatic heterocycles. The van der Waals surface area contributed by atoms with Gasteiger partial charge < -0.3 is 4.74 Å². The van der Waals surface area contributed by atoms with Gasteiger partial charge in [0.25, 0.3) is 0 Å². The highest BCUT2D eigenvalue weighted by atomic mass is 32.2. The molecular formula is C18H21NO3S2. The van der Waals surface area contributed by atoms with Gasteiger partial charge >= 0.3 is 5.97 Å². The van der Waals surface area contributed by atoms with Gasteiger partial charge in [0.1, 0.15) is 0 Å². The van der Waals surface area contributed by atoms with Crippen molar-refractivity contribution in [3.8, 4) is 0 Å². The molecule has 0 aliphatic carbocycles. The van der Waals surface area contributed by atoms with Crippen LogP contribution in [0.15, 0.2) is 28.6 Å². The van der Waals surface area contributed by atoms with Gasteiger partial charge in [0.2, 0.25) is 0 Å². The van der Waals surface area contributed by atoms with E-state index in [1.165, 1.54) is 11.8 Å². The third kappa shape index (κ3) is 3.49. The molecule has 0 bridgehead atoms. The van der Waals surface area contributed by atoms with Gasteiger partial charge in [0.15, 0.2) is 15.7 Å². The van der Waals surface area contributed by atoms with E-state index < -0.39 is 5.60 Å². The Bertz CT molecular complexity index is 737. The van der Waals surface area contributed by atoms with E-state index in [0.29, 0.717) is 12.3 Å². The number of fused-ring (bicyclic) bond motifs is 1. The van der Waals surface area contributed by atoms with Crippen LogP contribution in [0.4, 0.5) is 0 Å². The van der Waals surface area contributed by atoms with E-state index >= 15 is 0 Å². The number of carbonyl (C=O) groups excluding carboxylic acids is 2. The third-order valence-corrected chi connectivity index (χ3v) is 6.61. The monoisotopic (exact) mass is 363 g/mol. The number of ketones is 1. The Morgan fingerprint density at radius 3 is 2.92 bits per heavy atom. The third-order valence-electron chi connectivity index (χ3n) is 4.43. The molecule has 0 N–H and O–H groups in total. The first-order valence-electron chi connectivity index (χ1n) is 8.12. The van der Waals surface area contributed by atoms with Crippen molar-refractivity contribution >= 4 is 45.1 Å². The smallest absolute Gasteiger partial charge is 0.307 e. The first kappa shape index (κ1) is 17.4. The second-order valence-corrected chi connectivity index (χ2v) is 9.02. The molecule has 0 spiro atoms. The largest absolute Gasteiger partial charge is 0.451 e. The predicted octanol–water partition coefficient (Wildman–Crippen LogP) is 4.33. The highest BCUT2D eigenvalue weighted by molar-refractivity contribution is 8.01. The number of thioether (sulfide) groups is 1. The molecule has 1 aliphatic heterocycles. The predicted molar refractivity (Wildman–Crippen MR) is 97.4 cm³/mol. The van der Waals surface area contributed by atoms with E-state index in [0.717, 1.165) is 21.0 Å². The Labute approximate surface area is 150 Å². The van der Waals surface area contributed by atoms with Crippen LogP contribution in [0.5, 0.6) is 0 Å². The maximum absolute atomic E-state index is 12.8. The van der Waals surface area contributed by atoms with E-state index in [4.69, 9.17) is 4.74 Å². The lowest BCUT2D eigenvalue weighted by atomic mass is 9.80. The average molecular weight is 364 g/mol. The summed E-state index contributed by atoms with van der Waals surface area (Å²) in [7, 11) is 0. The number of thiazole rings is 1. The summed E-state index contributed by atoms with van der Waals surface area (Å²) >= 11 is 3.01. The van der Waals surface area contributed by atoms with Crippen LogP contribution in [-0.4, -0.2) is 28.1 Å². The number of rotatable bonds is 6. The summed E-state index contributed by atoms with van der Waals surface area (Å²) in [6.07, 6.45) is 1.16. The summed E-state index contributed by atoms with van der Waals surface area (Å²) in [6, 6.07) is 7.93. The maximum atomic E-state index is 12.8. The van der Waals surface area contributed by atoms with Gasteiger partial charge in [-0.3, -0.25) is 9.59 Å². The van der Waals surface area contributed by atoms with Crippen LogP contribution >= 0.6 is 23.1 Å². The first-order chi connectivity index (χ1) is 11.4. The van der Waals surface area contributed by atoms with Crippen molar-refractivity contribution in [3.63, 3.8) is 0 Å². The summed E-state index contributed by atoms with van der Waals surface area (Å²) in [5.41, 5.74) is -0.0426. The zero-order chi connectivity index (χ0) is 17.3. The van der Waals surface area contributed by atoms with E-state index in [2.05, 4.69) is 18.8 Å². The fourth-order valence-corrected chi connectivity index (χ4v) is 5.19. The molecule has 6 heteroatoms. The number of aromatic nitrogens is 1. The Morgan fingerprint density at radius 2 is 2.21 bits per heavy atom. The van der Waals surface area contributed by atoms with Crippen LogP contribution in [0.2, 0.25) is 0 Å². The van der Waals surface area contributed by atoms with Crippen LogP contribution in [-0.2, 0) is 14.3 Å². The number of nitrogens with zero attached hydrogens (tertiary/aromatic N) is 1. The minimum atomic E-state index is -0.995. The van der Waals surface area contributed by atoms with Gasteiger partial charge in [-0.15, -0.1) is 11.3 Å². The lowest BCUT2D eigenvalue weighted by Crippen LogP contribution is -2.42. The van der Waals surface area contributed by atoms with E-state index in [1.807, 2.05) is 24.3 Å². The number of Topliss-reactive ketones (excluding diaryl/α,β-unsaturated/α-hetero) is 1. The van der Waals surface area contributed by atoms with Gasteiger partial charge in [0, 0.05) is 5.92 Å². The second kappa shape index (κ2) is 6.84. The number of para-hydroxylation sites is 1. The van der Waals surface area contributed by atoms with Gasteiger partial charge in [0.05, 0.1) is 22.4 Å². The first-order valence-corrected chi connectivity index (χ1v) is 9.92. The molecule has 3 rings (SSSR count). The number of esters is 1. The van der Waals surface area contributed by atoms with Crippen molar-refractivity contribution in [3.05, 3.63) is 24.3 Å². The minimum absolute atomic E-state index is 0.0248. The Kier molecular flexibility index (Phi) is 4.97. The van der Waals surface area contributed by atoms with Crippen LogP contribution in [0, 0.1) is 11.8 Å². The summed E-state index contributed by atoms with van der Waals surface area (Å²) in [4.78, 5) is 29.1. The molecule has 0 amide bonds. The quantitative estimate of drug-likeness (QED) is 0.565. The van der Waals surface area contributed by atoms with Crippen LogP contribution in [0.1, 0.15) is 33.6 Å². The maximum Gasteiger partial charge on any atom is 0.307 e. The zero-order valence-corrected chi connectivity index (χ0v) is 15.7. The number of carbonyl (C=O) groups is 2. The molecule has 24 heavy (non-hydrogen) atoms. The minimum Gasteiger partial charge on any atom is -0.451 e. The number of cyclic esters (lactones) is 1.